The molecular formula is C52H54Cl3N3O26. The zero-order valence-corrected chi connectivity index (χ0v) is 47.8. The number of hydrogen-bond acceptors (Lipinski definition) is 27. The fourth-order valence-electron chi connectivity index (χ4n) is 9.96. The number of carbonyl (C=O) groups is 12. The van der Waals surface area contributed by atoms with Crippen LogP contribution in [0.4, 0.5) is 0 Å². The minimum Gasteiger partial charge on any atom is -0.463 e. The van der Waals surface area contributed by atoms with Gasteiger partial charge in [-0.1, -0.05) is 59.1 Å². The van der Waals surface area contributed by atoms with E-state index in [1.165, 1.54) is 48.5 Å². The lowest BCUT2D eigenvalue weighted by Crippen LogP contribution is -2.70. The van der Waals surface area contributed by atoms with Gasteiger partial charge in [0.1, 0.15) is 49.7 Å². The quantitative estimate of drug-likeness (QED) is 0.0557. The highest BCUT2D eigenvalue weighted by Gasteiger charge is 2.62. The SMILES string of the molecule is CC(=O)OC[C@H]1O[C@@H](OC[C@H]2O[C@H](OC(=N)C(Cl)(Cl)Cl)[C@@H](OC(C)=O)[C@@H](O[C@@H]3O[C@H](COC(C)=O)[C@@H](OC(C)=O)[C@H](OC(C)=O)[C@H]3N3C(=O)c4ccccc4C3=O)[C@@H]2OC(C)=O)[C@H](N2C(=O)c3ccccc3C2=O)[C@@H](OC(C)=O)[C@@H]1OC(C)=O. The third kappa shape index (κ3) is 14.4. The molecule has 0 unspecified atom stereocenters. The Labute approximate surface area is 491 Å². The molecule has 0 aromatic heterocycles. The fraction of sp³-hybridized carbons (Fsp3) is 0.519. The summed E-state index contributed by atoms with van der Waals surface area (Å²) in [5.74, 6) is -13.6. The Morgan fingerprint density at radius 2 is 0.738 bits per heavy atom. The molecule has 0 radical (unpaired) electrons. The Bertz CT molecular complexity index is 2920. The van der Waals surface area contributed by atoms with Gasteiger partial charge in [0.25, 0.3) is 27.4 Å². The number of amides is 4. The topological polar surface area (TPSA) is 364 Å². The van der Waals surface area contributed by atoms with Crippen molar-refractivity contribution in [3.63, 3.8) is 0 Å². The van der Waals surface area contributed by atoms with Crippen LogP contribution >= 0.6 is 34.8 Å². The normalized spacial score (nSPS) is 29.1. The van der Waals surface area contributed by atoms with E-state index < -0.39 is 193 Å². The van der Waals surface area contributed by atoms with Gasteiger partial charge in [0, 0.05) is 55.4 Å². The number of hydrogen-bond donors (Lipinski definition) is 1. The summed E-state index contributed by atoms with van der Waals surface area (Å²) in [7, 11) is 0. The van der Waals surface area contributed by atoms with E-state index >= 15 is 0 Å². The van der Waals surface area contributed by atoms with Crippen LogP contribution < -0.4 is 0 Å². The maximum atomic E-state index is 14.5. The monoisotopic (exact) mass is 1240 g/mol. The maximum absolute atomic E-state index is 14.5. The van der Waals surface area contributed by atoms with Crippen LogP contribution in [0.2, 0.25) is 0 Å². The number of nitrogens with zero attached hydrogens (tertiary/aromatic N) is 2. The number of alkyl halides is 3. The lowest BCUT2D eigenvalue weighted by molar-refractivity contribution is -0.351. The van der Waals surface area contributed by atoms with Crippen molar-refractivity contribution in [3.8, 4) is 0 Å². The molecule has 2 aromatic carbocycles. The van der Waals surface area contributed by atoms with E-state index in [0.29, 0.717) is 9.80 Å². The van der Waals surface area contributed by atoms with E-state index in [-0.39, 0.29) is 22.3 Å². The van der Waals surface area contributed by atoms with Crippen LogP contribution in [0.5, 0.6) is 0 Å². The summed E-state index contributed by atoms with van der Waals surface area (Å²) in [5.41, 5.74) is -0.633. The third-order valence-corrected chi connectivity index (χ3v) is 13.5. The largest absolute Gasteiger partial charge is 0.463 e. The molecule has 0 saturated carbocycles. The molecule has 2 aromatic rings. The van der Waals surface area contributed by atoms with Gasteiger partial charge in [-0.15, -0.1) is 0 Å². The Kier molecular flexibility index (Phi) is 20.4. The molecule has 1 N–H and O–H groups in total. The number of carbonyl (C=O) groups excluding carboxylic acids is 12. The summed E-state index contributed by atoms with van der Waals surface area (Å²) in [6.07, 6.45) is -26.0. The Balaban J connectivity index is 1.41. The van der Waals surface area contributed by atoms with E-state index in [2.05, 4.69) is 0 Å². The van der Waals surface area contributed by atoms with Gasteiger partial charge in [-0.05, 0) is 24.3 Å². The minimum atomic E-state index is -2.72. The van der Waals surface area contributed by atoms with Crippen molar-refractivity contribution >= 4 is 112 Å². The smallest absolute Gasteiger partial charge is 0.303 e. The molecule has 0 aliphatic carbocycles. The summed E-state index contributed by atoms with van der Waals surface area (Å²) in [4.78, 5) is 162. The molecule has 3 saturated heterocycles. The molecule has 0 spiro atoms. The van der Waals surface area contributed by atoms with Gasteiger partial charge in [-0.25, -0.2) is 0 Å². The fourth-order valence-corrected chi connectivity index (χ4v) is 10.1. The summed E-state index contributed by atoms with van der Waals surface area (Å²) in [6, 6.07) is 6.94. The van der Waals surface area contributed by atoms with Gasteiger partial charge in [0.15, 0.2) is 49.2 Å². The number of imide groups is 2. The second-order valence-electron chi connectivity index (χ2n) is 19.1. The van der Waals surface area contributed by atoms with Crippen LogP contribution in [0, 0.1) is 5.41 Å². The van der Waals surface area contributed by atoms with Crippen LogP contribution in [0.1, 0.15) is 96.8 Å². The molecular weight excluding hydrogens is 1190 g/mol. The van der Waals surface area contributed by atoms with Crippen molar-refractivity contribution in [1.29, 1.82) is 5.41 Å². The predicted molar refractivity (Wildman–Crippen MR) is 274 cm³/mol. The molecule has 5 heterocycles. The summed E-state index contributed by atoms with van der Waals surface area (Å²) >= 11 is 18.2. The molecule has 84 heavy (non-hydrogen) atoms. The number of ether oxygens (including phenoxy) is 14. The number of rotatable bonds is 18. The Morgan fingerprint density at radius 1 is 0.429 bits per heavy atom. The van der Waals surface area contributed by atoms with Crippen molar-refractivity contribution in [1.82, 2.24) is 9.80 Å². The summed E-state index contributed by atoms with van der Waals surface area (Å²) < 4.78 is 79.8. The predicted octanol–water partition coefficient (Wildman–Crippen LogP) is 1.97. The Hall–Kier alpha value is -7.38. The third-order valence-electron chi connectivity index (χ3n) is 13.0. The van der Waals surface area contributed by atoms with Crippen molar-refractivity contribution in [2.75, 3.05) is 19.8 Å². The van der Waals surface area contributed by atoms with Gasteiger partial charge >= 0.3 is 47.8 Å². The van der Waals surface area contributed by atoms with Crippen molar-refractivity contribution in [2.24, 2.45) is 0 Å². The second-order valence-corrected chi connectivity index (χ2v) is 21.4. The Morgan fingerprint density at radius 3 is 1.10 bits per heavy atom. The van der Waals surface area contributed by atoms with Crippen LogP contribution in [0.15, 0.2) is 48.5 Å². The standard InChI is InChI=1S/C52H54Cl3N3O26/c1-20(59)71-17-32-37(74-22(3)61)40(77-25(6)64)35(57-44(67)28-13-9-10-14-29(28)45(57)68)48(80-32)73-19-34-39(76-24(5)63)42(43(79-27(8)66)50(82-34)84-51(56)52(53,54)55)83-49-36(58-46(69)30-15-11-12-16-31(30)47(58)70)41(78-26(7)65)38(75-23(4)62)33(81-49)18-72-21(2)60/h9-16,32-43,48-50,56H,17-19H2,1-8H3/t32-,33-,34-,35-,36-,37-,38-,39-,40-,41-,42+,43+,48-,49+,50-/m1/s1. The van der Waals surface area contributed by atoms with Gasteiger partial charge in [0.2, 0.25) is 12.2 Å². The molecule has 5 aliphatic rings. The van der Waals surface area contributed by atoms with Crippen molar-refractivity contribution in [3.05, 3.63) is 70.8 Å². The lowest BCUT2D eigenvalue weighted by Gasteiger charge is -2.50. The molecule has 5 aliphatic heterocycles. The highest BCUT2D eigenvalue weighted by Crippen LogP contribution is 2.41. The molecule has 0 bridgehead atoms. The molecule has 4 amide bonds. The first-order valence-electron chi connectivity index (χ1n) is 25.3. The second kappa shape index (κ2) is 26.7. The lowest BCUT2D eigenvalue weighted by atomic mass is 9.93. The number of benzene rings is 2. The molecule has 7 rings (SSSR count). The number of nitrogens with one attached hydrogen (secondary N) is 1. The van der Waals surface area contributed by atoms with E-state index in [1.54, 1.807) is 0 Å². The zero-order valence-electron chi connectivity index (χ0n) is 45.5. The molecule has 32 heteroatoms. The molecule has 29 nitrogen and oxygen atoms in total. The molecule has 15 atom stereocenters. The van der Waals surface area contributed by atoms with E-state index in [4.69, 9.17) is 107 Å². The zero-order chi connectivity index (χ0) is 61.8. The number of fused-ring (bicyclic) bond motifs is 2. The van der Waals surface area contributed by atoms with Crippen LogP contribution in [-0.4, -0.2) is 203 Å². The average molecular weight is 1240 g/mol. The highest BCUT2D eigenvalue weighted by atomic mass is 35.6. The summed E-state index contributed by atoms with van der Waals surface area (Å²) in [6.45, 7) is 4.96. The van der Waals surface area contributed by atoms with E-state index in [0.717, 1.165) is 55.4 Å². The first-order chi connectivity index (χ1) is 39.5. The van der Waals surface area contributed by atoms with E-state index in [9.17, 15) is 57.5 Å². The minimum absolute atomic E-state index is 0.137. The van der Waals surface area contributed by atoms with Gasteiger partial charge in [0.05, 0.1) is 28.9 Å². The van der Waals surface area contributed by atoms with Gasteiger partial charge in [-0.2, -0.15) is 0 Å². The summed E-state index contributed by atoms with van der Waals surface area (Å²) in [5, 5.41) is 8.61. The van der Waals surface area contributed by atoms with E-state index in [1.807, 2.05) is 0 Å². The highest BCUT2D eigenvalue weighted by molar-refractivity contribution is 6.76. The van der Waals surface area contributed by atoms with Gasteiger partial charge in [-0.3, -0.25) is 72.7 Å². The van der Waals surface area contributed by atoms with Gasteiger partial charge < -0.3 is 66.3 Å². The van der Waals surface area contributed by atoms with Crippen molar-refractivity contribution in [2.45, 2.75) is 151 Å². The first kappa shape index (κ1) is 64.2. The molecule has 3 fully saturated rings. The van der Waals surface area contributed by atoms with Crippen LogP contribution in [0.25, 0.3) is 0 Å². The number of esters is 8. The average Bonchev–Trinajstić information content (AvgIpc) is 2.03. The molecule has 454 valence electrons. The maximum Gasteiger partial charge on any atom is 0.303 e. The first-order valence-corrected chi connectivity index (χ1v) is 26.4. The number of halogens is 3. The van der Waals surface area contributed by atoms with Crippen LogP contribution in [-0.2, 0) is 105 Å². The van der Waals surface area contributed by atoms with Crippen LogP contribution in [0.3, 0.4) is 0 Å². The van der Waals surface area contributed by atoms with Crippen molar-refractivity contribution < 1.29 is 124 Å².